The molecule has 0 heterocycles. The zero-order valence-corrected chi connectivity index (χ0v) is 10.9. The van der Waals surface area contributed by atoms with Gasteiger partial charge < -0.3 is 5.73 Å². The first-order chi connectivity index (χ1) is 8.15. The molecule has 1 aliphatic rings. The summed E-state index contributed by atoms with van der Waals surface area (Å²) in [6.45, 7) is 0. The van der Waals surface area contributed by atoms with Crippen LogP contribution in [0, 0.1) is 5.92 Å². The van der Waals surface area contributed by atoms with E-state index in [1.807, 2.05) is 24.3 Å². The van der Waals surface area contributed by atoms with E-state index in [0.29, 0.717) is 0 Å². The number of urea groups is 1. The number of carbonyl (C=O) groups is 1. The molecule has 3 N–H and O–H groups in total. The van der Waals surface area contributed by atoms with Crippen molar-refractivity contribution in [3.05, 3.63) is 34.9 Å². The van der Waals surface area contributed by atoms with Crippen molar-refractivity contribution >= 4 is 29.6 Å². The Kier molecular flexibility index (Phi) is 4.18. The van der Waals surface area contributed by atoms with E-state index in [9.17, 15) is 4.79 Å². The molecule has 1 aliphatic carbocycles. The van der Waals surface area contributed by atoms with Crippen LogP contribution in [0.4, 0.5) is 4.79 Å². The number of carbonyl (C=O) groups excluding carboxylic acids is 1. The number of amides is 2. The number of hydrogen-bond acceptors (Lipinski definition) is 2. The lowest BCUT2D eigenvalue weighted by atomic mass is 10.1. The third kappa shape index (κ3) is 4.13. The molecule has 2 rings (SSSR count). The standard InChI is InChI=1S/C12H15ClN2OS/c13-10-5-3-9(4-6-10)11(7-8-1-2-8)17-15-12(14)16/h3-6,8,11H,1-2,7H2,(H3,14,15,16)/t11-/m0/s1. The Hall–Kier alpha value is -0.870. The Labute approximate surface area is 110 Å². The van der Waals surface area contributed by atoms with Crippen molar-refractivity contribution in [1.82, 2.24) is 4.72 Å². The van der Waals surface area contributed by atoms with Crippen LogP contribution in [0.1, 0.15) is 30.1 Å². The van der Waals surface area contributed by atoms with Gasteiger partial charge in [0.05, 0.1) is 0 Å². The van der Waals surface area contributed by atoms with Gasteiger partial charge in [-0.15, -0.1) is 0 Å². The molecule has 0 radical (unpaired) electrons. The van der Waals surface area contributed by atoms with Gasteiger partial charge in [0.25, 0.3) is 0 Å². The summed E-state index contributed by atoms with van der Waals surface area (Å²) >= 11 is 7.25. The SMILES string of the molecule is NC(=O)NS[C@@H](CC1CC1)c1ccc(Cl)cc1. The Morgan fingerprint density at radius 2 is 2.12 bits per heavy atom. The van der Waals surface area contributed by atoms with E-state index in [-0.39, 0.29) is 5.25 Å². The minimum atomic E-state index is -0.496. The first kappa shape index (κ1) is 12.6. The summed E-state index contributed by atoms with van der Waals surface area (Å²) in [4.78, 5) is 10.8. The molecule has 0 bridgehead atoms. The number of primary amides is 1. The number of hydrogen-bond donors (Lipinski definition) is 2. The van der Waals surface area contributed by atoms with Crippen LogP contribution in [0.3, 0.4) is 0 Å². The molecule has 92 valence electrons. The lowest BCUT2D eigenvalue weighted by Crippen LogP contribution is -2.24. The van der Waals surface area contributed by atoms with Gasteiger partial charge in [0, 0.05) is 10.3 Å². The quantitative estimate of drug-likeness (QED) is 0.805. The fourth-order valence-corrected chi connectivity index (χ4v) is 2.76. The molecule has 0 aromatic heterocycles. The van der Waals surface area contributed by atoms with Gasteiger partial charge >= 0.3 is 6.03 Å². The van der Waals surface area contributed by atoms with Gasteiger partial charge in [-0.3, -0.25) is 4.72 Å². The van der Waals surface area contributed by atoms with Crippen molar-refractivity contribution in [3.63, 3.8) is 0 Å². The smallest absolute Gasteiger partial charge is 0.322 e. The van der Waals surface area contributed by atoms with Crippen LogP contribution < -0.4 is 10.5 Å². The van der Waals surface area contributed by atoms with Gasteiger partial charge in [0.1, 0.15) is 0 Å². The molecule has 1 saturated carbocycles. The molecule has 0 aliphatic heterocycles. The fraction of sp³-hybridized carbons (Fsp3) is 0.417. The van der Waals surface area contributed by atoms with Gasteiger partial charge in [-0.2, -0.15) is 0 Å². The predicted octanol–water partition coefficient (Wildman–Crippen LogP) is 3.50. The number of benzene rings is 1. The maximum Gasteiger partial charge on any atom is 0.322 e. The molecule has 1 aromatic carbocycles. The highest BCUT2D eigenvalue weighted by molar-refractivity contribution is 7.98. The van der Waals surface area contributed by atoms with Crippen molar-refractivity contribution in [2.75, 3.05) is 0 Å². The van der Waals surface area contributed by atoms with Crippen molar-refractivity contribution < 1.29 is 4.79 Å². The lowest BCUT2D eigenvalue weighted by molar-refractivity contribution is 0.254. The zero-order valence-electron chi connectivity index (χ0n) is 9.36. The number of rotatable bonds is 5. The molecule has 0 unspecified atom stereocenters. The molecule has 3 nitrogen and oxygen atoms in total. The molecule has 5 heteroatoms. The summed E-state index contributed by atoms with van der Waals surface area (Å²) in [7, 11) is 0. The van der Waals surface area contributed by atoms with Crippen LogP contribution in [-0.4, -0.2) is 6.03 Å². The van der Waals surface area contributed by atoms with E-state index in [1.54, 1.807) is 0 Å². The minimum Gasteiger partial charge on any atom is -0.351 e. The van der Waals surface area contributed by atoms with E-state index >= 15 is 0 Å². The van der Waals surface area contributed by atoms with Gasteiger partial charge in [0.2, 0.25) is 0 Å². The summed E-state index contributed by atoms with van der Waals surface area (Å²) in [5.74, 6) is 0.790. The van der Waals surface area contributed by atoms with Gasteiger partial charge in [0.15, 0.2) is 0 Å². The van der Waals surface area contributed by atoms with Crippen LogP contribution in [0.2, 0.25) is 5.02 Å². The highest BCUT2D eigenvalue weighted by Gasteiger charge is 2.27. The monoisotopic (exact) mass is 270 g/mol. The maximum absolute atomic E-state index is 10.8. The van der Waals surface area contributed by atoms with E-state index in [1.165, 1.54) is 30.4 Å². The molecule has 0 saturated heterocycles. The summed E-state index contributed by atoms with van der Waals surface area (Å²) in [5, 5.41) is 0.985. The highest BCUT2D eigenvalue weighted by Crippen LogP contribution is 2.42. The number of nitrogens with one attached hydrogen (secondary N) is 1. The average Bonchev–Trinajstić information content (AvgIpc) is 3.09. The van der Waals surface area contributed by atoms with Gasteiger partial charge in [-0.1, -0.05) is 36.6 Å². The number of halogens is 1. The predicted molar refractivity (Wildman–Crippen MR) is 71.8 cm³/mol. The molecular weight excluding hydrogens is 256 g/mol. The molecule has 1 aromatic rings. The van der Waals surface area contributed by atoms with Crippen LogP contribution in [0.25, 0.3) is 0 Å². The van der Waals surface area contributed by atoms with Crippen LogP contribution >= 0.6 is 23.5 Å². The molecular formula is C12H15ClN2OS. The first-order valence-corrected chi connectivity index (χ1v) is 6.87. The number of nitrogens with two attached hydrogens (primary N) is 1. The van der Waals surface area contributed by atoms with Crippen LogP contribution in [0.5, 0.6) is 0 Å². The maximum atomic E-state index is 10.8. The van der Waals surface area contributed by atoms with Gasteiger partial charge in [-0.25, -0.2) is 4.79 Å². The largest absolute Gasteiger partial charge is 0.351 e. The molecule has 1 atom stereocenters. The first-order valence-electron chi connectivity index (χ1n) is 5.61. The van der Waals surface area contributed by atoms with Crippen LogP contribution in [0.15, 0.2) is 24.3 Å². The molecule has 2 amide bonds. The third-order valence-corrected chi connectivity index (χ3v) is 4.11. The van der Waals surface area contributed by atoms with Crippen molar-refractivity contribution in [1.29, 1.82) is 0 Å². The van der Waals surface area contributed by atoms with Gasteiger partial charge in [-0.05, 0) is 42.0 Å². The Morgan fingerprint density at radius 1 is 1.47 bits per heavy atom. The average molecular weight is 271 g/mol. The Balaban J connectivity index is 2.02. The van der Waals surface area contributed by atoms with Crippen molar-refractivity contribution in [3.8, 4) is 0 Å². The Bertz CT molecular complexity index is 392. The van der Waals surface area contributed by atoms with Crippen LogP contribution in [-0.2, 0) is 0 Å². The summed E-state index contributed by atoms with van der Waals surface area (Å²) in [5.41, 5.74) is 6.28. The zero-order chi connectivity index (χ0) is 12.3. The minimum absolute atomic E-state index is 0.257. The fourth-order valence-electron chi connectivity index (χ4n) is 1.72. The van der Waals surface area contributed by atoms with E-state index in [2.05, 4.69) is 4.72 Å². The normalized spacial score (nSPS) is 16.5. The second kappa shape index (κ2) is 5.65. The third-order valence-electron chi connectivity index (χ3n) is 2.79. The van der Waals surface area contributed by atoms with E-state index in [0.717, 1.165) is 17.4 Å². The molecule has 0 spiro atoms. The Morgan fingerprint density at radius 3 is 2.65 bits per heavy atom. The highest BCUT2D eigenvalue weighted by atomic mass is 35.5. The lowest BCUT2D eigenvalue weighted by Gasteiger charge is -2.16. The van der Waals surface area contributed by atoms with E-state index < -0.39 is 6.03 Å². The summed E-state index contributed by atoms with van der Waals surface area (Å²) < 4.78 is 2.61. The summed E-state index contributed by atoms with van der Waals surface area (Å²) in [6, 6.07) is 7.27. The van der Waals surface area contributed by atoms with Crippen molar-refractivity contribution in [2.45, 2.75) is 24.5 Å². The topological polar surface area (TPSA) is 55.1 Å². The summed E-state index contributed by atoms with van der Waals surface area (Å²) in [6.07, 6.45) is 3.66. The second-order valence-electron chi connectivity index (χ2n) is 4.30. The van der Waals surface area contributed by atoms with E-state index in [4.69, 9.17) is 17.3 Å². The molecule has 1 fully saturated rings. The second-order valence-corrected chi connectivity index (χ2v) is 5.75. The molecule has 17 heavy (non-hydrogen) atoms. The van der Waals surface area contributed by atoms with Crippen molar-refractivity contribution in [2.24, 2.45) is 11.7 Å².